The molecule has 1 heterocycles. The Morgan fingerprint density at radius 3 is 2.88 bits per heavy atom. The van der Waals surface area contributed by atoms with Gasteiger partial charge in [-0.05, 0) is 12.2 Å². The summed E-state index contributed by atoms with van der Waals surface area (Å²) >= 11 is 13.3. The SMILES string of the molecule is OCCCSCCNc1cc(Cl)nnc1Cl. The largest absolute Gasteiger partial charge is 0.396 e. The normalized spacial score (nSPS) is 10.4. The molecule has 7 heteroatoms. The Balaban J connectivity index is 2.23. The van der Waals surface area contributed by atoms with Gasteiger partial charge in [0.05, 0.1) is 5.69 Å². The molecule has 0 aliphatic rings. The third-order valence-electron chi connectivity index (χ3n) is 1.73. The van der Waals surface area contributed by atoms with Crippen LogP contribution in [-0.2, 0) is 0 Å². The molecular weight excluding hydrogens is 269 g/mol. The Hall–Kier alpha value is -0.230. The summed E-state index contributed by atoms with van der Waals surface area (Å²) in [6, 6.07) is 1.65. The van der Waals surface area contributed by atoms with Crippen molar-refractivity contribution in [2.24, 2.45) is 0 Å². The molecule has 16 heavy (non-hydrogen) atoms. The van der Waals surface area contributed by atoms with Crippen LogP contribution in [0.4, 0.5) is 5.69 Å². The molecule has 0 unspecified atom stereocenters. The zero-order valence-electron chi connectivity index (χ0n) is 8.62. The first-order valence-corrected chi connectivity index (χ1v) is 6.76. The van der Waals surface area contributed by atoms with E-state index < -0.39 is 0 Å². The van der Waals surface area contributed by atoms with E-state index in [0.29, 0.717) is 16.0 Å². The summed E-state index contributed by atoms with van der Waals surface area (Å²) in [5.74, 6) is 1.90. The van der Waals surface area contributed by atoms with Crippen molar-refractivity contribution >= 4 is 40.7 Å². The average Bonchev–Trinajstić information content (AvgIpc) is 2.28. The average molecular weight is 282 g/mol. The van der Waals surface area contributed by atoms with Gasteiger partial charge >= 0.3 is 0 Å². The van der Waals surface area contributed by atoms with Gasteiger partial charge in [-0.15, -0.1) is 10.2 Å². The number of rotatable bonds is 7. The number of aliphatic hydroxyl groups is 1. The monoisotopic (exact) mass is 281 g/mol. The maximum absolute atomic E-state index is 8.59. The molecule has 90 valence electrons. The van der Waals surface area contributed by atoms with Gasteiger partial charge in [-0.3, -0.25) is 0 Å². The van der Waals surface area contributed by atoms with Crippen molar-refractivity contribution in [2.75, 3.05) is 30.0 Å². The zero-order chi connectivity index (χ0) is 11.8. The van der Waals surface area contributed by atoms with Crippen molar-refractivity contribution in [1.29, 1.82) is 0 Å². The summed E-state index contributed by atoms with van der Waals surface area (Å²) in [6.45, 7) is 1.02. The van der Waals surface area contributed by atoms with Gasteiger partial charge in [0.15, 0.2) is 10.3 Å². The lowest BCUT2D eigenvalue weighted by atomic mass is 10.4. The quantitative estimate of drug-likeness (QED) is 0.752. The fourth-order valence-electron chi connectivity index (χ4n) is 1.00. The number of halogens is 2. The van der Waals surface area contributed by atoms with Crippen molar-refractivity contribution < 1.29 is 5.11 Å². The molecule has 1 rings (SSSR count). The predicted molar refractivity (Wildman–Crippen MR) is 69.6 cm³/mol. The van der Waals surface area contributed by atoms with Crippen LogP contribution in [0.15, 0.2) is 6.07 Å². The smallest absolute Gasteiger partial charge is 0.174 e. The molecular formula is C9H13Cl2N3OS. The third kappa shape index (κ3) is 5.21. The van der Waals surface area contributed by atoms with E-state index in [4.69, 9.17) is 28.3 Å². The minimum atomic E-state index is 0.246. The highest BCUT2D eigenvalue weighted by Gasteiger charge is 2.02. The van der Waals surface area contributed by atoms with Crippen LogP contribution in [0.5, 0.6) is 0 Å². The second-order valence-electron chi connectivity index (χ2n) is 2.99. The van der Waals surface area contributed by atoms with Gasteiger partial charge in [-0.25, -0.2) is 0 Å². The molecule has 0 radical (unpaired) electrons. The Morgan fingerprint density at radius 2 is 2.12 bits per heavy atom. The van der Waals surface area contributed by atoms with Gasteiger partial charge in [0, 0.05) is 25.0 Å². The minimum Gasteiger partial charge on any atom is -0.396 e. The molecule has 1 aromatic heterocycles. The second kappa shape index (κ2) is 7.95. The number of nitrogens with one attached hydrogen (secondary N) is 1. The first-order valence-electron chi connectivity index (χ1n) is 4.85. The lowest BCUT2D eigenvalue weighted by molar-refractivity contribution is 0.296. The third-order valence-corrected chi connectivity index (χ3v) is 3.26. The summed E-state index contributed by atoms with van der Waals surface area (Å²) in [5, 5.41) is 19.7. The second-order valence-corrected chi connectivity index (χ2v) is 4.96. The first-order chi connectivity index (χ1) is 7.74. The van der Waals surface area contributed by atoms with Crippen molar-refractivity contribution in [3.63, 3.8) is 0 Å². The number of thioether (sulfide) groups is 1. The number of nitrogens with zero attached hydrogens (tertiary/aromatic N) is 2. The van der Waals surface area contributed by atoms with Crippen LogP contribution in [0.1, 0.15) is 6.42 Å². The van der Waals surface area contributed by atoms with Crippen molar-refractivity contribution in [3.05, 3.63) is 16.4 Å². The van der Waals surface area contributed by atoms with Gasteiger partial charge in [0.25, 0.3) is 0 Å². The van der Waals surface area contributed by atoms with Crippen LogP contribution in [0.25, 0.3) is 0 Å². The highest BCUT2D eigenvalue weighted by Crippen LogP contribution is 2.20. The molecule has 0 bridgehead atoms. The molecule has 0 saturated carbocycles. The van der Waals surface area contributed by atoms with Crippen LogP contribution in [0.3, 0.4) is 0 Å². The number of hydrogen-bond donors (Lipinski definition) is 2. The molecule has 0 amide bonds. The van der Waals surface area contributed by atoms with Crippen LogP contribution in [0, 0.1) is 0 Å². The fraction of sp³-hybridized carbons (Fsp3) is 0.556. The summed E-state index contributed by atoms with van der Waals surface area (Å²) in [5.41, 5.74) is 0.699. The molecule has 0 spiro atoms. The van der Waals surface area contributed by atoms with Crippen molar-refractivity contribution in [3.8, 4) is 0 Å². The van der Waals surface area contributed by atoms with E-state index in [2.05, 4.69) is 15.5 Å². The van der Waals surface area contributed by atoms with E-state index in [1.807, 2.05) is 0 Å². The van der Waals surface area contributed by atoms with Crippen molar-refractivity contribution in [2.45, 2.75) is 6.42 Å². The lowest BCUT2D eigenvalue weighted by Gasteiger charge is -2.06. The molecule has 0 fully saturated rings. The number of aromatic nitrogens is 2. The topological polar surface area (TPSA) is 58.0 Å². The molecule has 0 atom stereocenters. The predicted octanol–water partition coefficient (Wildman–Crippen LogP) is 2.31. The summed E-state index contributed by atoms with van der Waals surface area (Å²) in [6.07, 6.45) is 0.827. The van der Waals surface area contributed by atoms with Gasteiger partial charge in [-0.1, -0.05) is 23.2 Å². The molecule has 0 aliphatic heterocycles. The lowest BCUT2D eigenvalue weighted by Crippen LogP contribution is -2.06. The van der Waals surface area contributed by atoms with Crippen LogP contribution >= 0.6 is 35.0 Å². The van der Waals surface area contributed by atoms with Crippen LogP contribution < -0.4 is 5.32 Å². The molecule has 0 saturated heterocycles. The van der Waals surface area contributed by atoms with Crippen molar-refractivity contribution in [1.82, 2.24) is 10.2 Å². The highest BCUT2D eigenvalue weighted by molar-refractivity contribution is 7.99. The van der Waals surface area contributed by atoms with Gasteiger partial charge < -0.3 is 10.4 Å². The number of aliphatic hydroxyl groups excluding tert-OH is 1. The Kier molecular flexibility index (Phi) is 6.87. The Bertz CT molecular complexity index is 328. The fourth-order valence-corrected chi connectivity index (χ4v) is 2.09. The van der Waals surface area contributed by atoms with E-state index in [1.54, 1.807) is 17.8 Å². The van der Waals surface area contributed by atoms with E-state index in [0.717, 1.165) is 24.5 Å². The van der Waals surface area contributed by atoms with Crippen LogP contribution in [0.2, 0.25) is 10.3 Å². The number of hydrogen-bond acceptors (Lipinski definition) is 5. The maximum atomic E-state index is 8.59. The molecule has 0 aromatic carbocycles. The molecule has 0 aliphatic carbocycles. The Morgan fingerprint density at radius 1 is 1.31 bits per heavy atom. The van der Waals surface area contributed by atoms with E-state index in [9.17, 15) is 0 Å². The van der Waals surface area contributed by atoms with E-state index in [1.165, 1.54) is 0 Å². The van der Waals surface area contributed by atoms with E-state index in [-0.39, 0.29) is 6.61 Å². The van der Waals surface area contributed by atoms with Gasteiger partial charge in [0.1, 0.15) is 0 Å². The van der Waals surface area contributed by atoms with Crippen LogP contribution in [-0.4, -0.2) is 40.0 Å². The molecule has 2 N–H and O–H groups in total. The van der Waals surface area contributed by atoms with Gasteiger partial charge in [-0.2, -0.15) is 11.8 Å². The maximum Gasteiger partial charge on any atom is 0.174 e. The Labute approximate surface area is 109 Å². The van der Waals surface area contributed by atoms with Gasteiger partial charge in [0.2, 0.25) is 0 Å². The molecule has 1 aromatic rings. The summed E-state index contributed by atoms with van der Waals surface area (Å²) in [4.78, 5) is 0. The zero-order valence-corrected chi connectivity index (χ0v) is 10.9. The minimum absolute atomic E-state index is 0.246. The standard InChI is InChI=1S/C9H13Cl2N3OS/c10-8-6-7(9(11)14-13-8)12-2-5-16-4-1-3-15/h6,15H,1-5H2,(H,12,13). The van der Waals surface area contributed by atoms with E-state index >= 15 is 0 Å². The number of anilines is 1. The summed E-state index contributed by atoms with van der Waals surface area (Å²) < 4.78 is 0. The molecule has 4 nitrogen and oxygen atoms in total. The summed E-state index contributed by atoms with van der Waals surface area (Å²) in [7, 11) is 0. The first kappa shape index (κ1) is 13.8. The highest BCUT2D eigenvalue weighted by atomic mass is 35.5.